The molecule has 22 heavy (non-hydrogen) atoms. The predicted molar refractivity (Wildman–Crippen MR) is 92.3 cm³/mol. The molecule has 0 amide bonds. The van der Waals surface area contributed by atoms with Gasteiger partial charge in [-0.05, 0) is 54.8 Å². The number of halogens is 2. The molecule has 0 saturated heterocycles. The molecule has 0 fully saturated rings. The van der Waals surface area contributed by atoms with Crippen molar-refractivity contribution < 1.29 is 9.53 Å². The van der Waals surface area contributed by atoms with Gasteiger partial charge < -0.3 is 4.74 Å². The zero-order valence-corrected chi connectivity index (χ0v) is 14.1. The van der Waals surface area contributed by atoms with Crippen LogP contribution < -0.4 is 4.74 Å². The van der Waals surface area contributed by atoms with E-state index in [4.69, 9.17) is 27.9 Å². The molecule has 0 heterocycles. The van der Waals surface area contributed by atoms with Crippen molar-refractivity contribution in [2.75, 3.05) is 7.11 Å². The van der Waals surface area contributed by atoms with E-state index < -0.39 is 0 Å². The van der Waals surface area contributed by atoms with Gasteiger partial charge in [0.25, 0.3) is 0 Å². The van der Waals surface area contributed by atoms with Crippen LogP contribution in [0, 0.1) is 13.8 Å². The minimum atomic E-state index is -0.147. The third kappa shape index (κ3) is 3.52. The number of carbonyl (C=O) groups excluding carboxylic acids is 1. The van der Waals surface area contributed by atoms with Gasteiger partial charge in [0, 0.05) is 10.0 Å². The number of allylic oxidation sites excluding steroid dienone is 1. The van der Waals surface area contributed by atoms with E-state index in [1.807, 2.05) is 26.0 Å². The number of ketones is 1. The minimum Gasteiger partial charge on any atom is -0.496 e. The highest BCUT2D eigenvalue weighted by Crippen LogP contribution is 2.32. The molecule has 0 aliphatic carbocycles. The van der Waals surface area contributed by atoms with E-state index in [1.165, 1.54) is 6.08 Å². The van der Waals surface area contributed by atoms with Crippen molar-refractivity contribution in [2.45, 2.75) is 13.8 Å². The van der Waals surface area contributed by atoms with Crippen LogP contribution in [0.4, 0.5) is 0 Å². The standard InChI is InChI=1S/C18H16Cl2O2/c1-11-10-16(22-3)17(12(2)18(11)20)15(21)9-6-13-4-7-14(19)8-5-13/h4-10H,1-3H3/b9-6+. The van der Waals surface area contributed by atoms with E-state index in [9.17, 15) is 4.79 Å². The summed E-state index contributed by atoms with van der Waals surface area (Å²) in [6.07, 6.45) is 3.26. The van der Waals surface area contributed by atoms with Crippen LogP contribution in [0.2, 0.25) is 10.0 Å². The summed E-state index contributed by atoms with van der Waals surface area (Å²) in [4.78, 5) is 12.5. The van der Waals surface area contributed by atoms with Gasteiger partial charge in [0.1, 0.15) is 5.75 Å². The quantitative estimate of drug-likeness (QED) is 0.543. The van der Waals surface area contributed by atoms with Crippen molar-refractivity contribution in [1.82, 2.24) is 0 Å². The number of carbonyl (C=O) groups is 1. The van der Waals surface area contributed by atoms with Crippen molar-refractivity contribution in [3.05, 3.63) is 68.7 Å². The lowest BCUT2D eigenvalue weighted by Crippen LogP contribution is -2.03. The first-order valence-electron chi connectivity index (χ1n) is 6.75. The van der Waals surface area contributed by atoms with Crippen molar-refractivity contribution in [3.8, 4) is 5.75 Å². The Morgan fingerprint density at radius 2 is 1.77 bits per heavy atom. The van der Waals surface area contributed by atoms with E-state index >= 15 is 0 Å². The molecule has 2 nitrogen and oxygen atoms in total. The Balaban J connectivity index is 2.37. The fraction of sp³-hybridized carbons (Fsp3) is 0.167. The Morgan fingerprint density at radius 1 is 1.14 bits per heavy atom. The molecule has 0 N–H and O–H groups in total. The third-order valence-corrected chi connectivity index (χ3v) is 4.24. The van der Waals surface area contributed by atoms with Gasteiger partial charge >= 0.3 is 0 Å². The van der Waals surface area contributed by atoms with Crippen LogP contribution in [-0.4, -0.2) is 12.9 Å². The van der Waals surface area contributed by atoms with Crippen LogP contribution in [0.5, 0.6) is 5.75 Å². The van der Waals surface area contributed by atoms with Gasteiger partial charge in [-0.1, -0.05) is 41.4 Å². The summed E-state index contributed by atoms with van der Waals surface area (Å²) in [5, 5.41) is 1.25. The van der Waals surface area contributed by atoms with Crippen LogP contribution >= 0.6 is 23.2 Å². The monoisotopic (exact) mass is 334 g/mol. The van der Waals surface area contributed by atoms with E-state index in [1.54, 1.807) is 31.4 Å². The normalized spacial score (nSPS) is 11.0. The lowest BCUT2D eigenvalue weighted by molar-refractivity contribution is 0.104. The van der Waals surface area contributed by atoms with Gasteiger partial charge in [0.2, 0.25) is 0 Å². The topological polar surface area (TPSA) is 26.3 Å². The molecular formula is C18H16Cl2O2. The zero-order chi connectivity index (χ0) is 16.3. The molecule has 114 valence electrons. The molecular weight excluding hydrogens is 319 g/mol. The van der Waals surface area contributed by atoms with Gasteiger partial charge in [-0.15, -0.1) is 0 Å². The first kappa shape index (κ1) is 16.6. The molecule has 0 atom stereocenters. The van der Waals surface area contributed by atoms with Crippen molar-refractivity contribution in [2.24, 2.45) is 0 Å². The van der Waals surface area contributed by atoms with E-state index in [2.05, 4.69) is 0 Å². The molecule has 2 rings (SSSR count). The Bertz CT molecular complexity index is 732. The summed E-state index contributed by atoms with van der Waals surface area (Å²) in [5.74, 6) is 0.386. The SMILES string of the molecule is COc1cc(C)c(Cl)c(C)c1C(=O)/C=C/c1ccc(Cl)cc1. The molecule has 2 aromatic rings. The second-order valence-electron chi connectivity index (χ2n) is 4.96. The second kappa shape index (κ2) is 6.99. The second-order valence-corrected chi connectivity index (χ2v) is 5.77. The maximum Gasteiger partial charge on any atom is 0.189 e. The molecule has 2 aromatic carbocycles. The summed E-state index contributed by atoms with van der Waals surface area (Å²) >= 11 is 12.1. The Labute approximate surface area is 140 Å². The summed E-state index contributed by atoms with van der Waals surface area (Å²) in [6, 6.07) is 9.02. The molecule has 0 saturated carbocycles. The van der Waals surface area contributed by atoms with Gasteiger partial charge in [-0.2, -0.15) is 0 Å². The number of aryl methyl sites for hydroxylation is 1. The molecule has 0 radical (unpaired) electrons. The predicted octanol–water partition coefficient (Wildman–Crippen LogP) is 5.51. The molecule has 0 bridgehead atoms. The molecule has 0 aliphatic rings. The number of rotatable bonds is 4. The summed E-state index contributed by atoms with van der Waals surface area (Å²) < 4.78 is 5.32. The Hall–Kier alpha value is -1.77. The van der Waals surface area contributed by atoms with E-state index in [0.29, 0.717) is 21.4 Å². The minimum absolute atomic E-state index is 0.147. The van der Waals surface area contributed by atoms with Gasteiger partial charge in [0.15, 0.2) is 5.78 Å². The number of hydrogen-bond acceptors (Lipinski definition) is 2. The van der Waals surface area contributed by atoms with Crippen LogP contribution in [0.3, 0.4) is 0 Å². The molecule has 0 aliphatic heterocycles. The highest BCUT2D eigenvalue weighted by Gasteiger charge is 2.17. The van der Waals surface area contributed by atoms with E-state index in [0.717, 1.165) is 16.7 Å². The van der Waals surface area contributed by atoms with Gasteiger partial charge in [-0.25, -0.2) is 0 Å². The van der Waals surface area contributed by atoms with Crippen molar-refractivity contribution in [3.63, 3.8) is 0 Å². The van der Waals surface area contributed by atoms with Gasteiger partial charge in [0.05, 0.1) is 12.7 Å². The lowest BCUT2D eigenvalue weighted by Gasteiger charge is -2.12. The van der Waals surface area contributed by atoms with Crippen LogP contribution in [0.25, 0.3) is 6.08 Å². The van der Waals surface area contributed by atoms with E-state index in [-0.39, 0.29) is 5.78 Å². The van der Waals surface area contributed by atoms with Crippen molar-refractivity contribution in [1.29, 1.82) is 0 Å². The number of methoxy groups -OCH3 is 1. The summed E-state index contributed by atoms with van der Waals surface area (Å²) in [5.41, 5.74) is 2.99. The highest BCUT2D eigenvalue weighted by molar-refractivity contribution is 6.33. The van der Waals surface area contributed by atoms with Crippen LogP contribution in [0.15, 0.2) is 36.4 Å². The Kier molecular flexibility index (Phi) is 5.28. The summed E-state index contributed by atoms with van der Waals surface area (Å²) in [6.45, 7) is 3.71. The highest BCUT2D eigenvalue weighted by atomic mass is 35.5. The molecule has 4 heteroatoms. The van der Waals surface area contributed by atoms with Gasteiger partial charge in [-0.3, -0.25) is 4.79 Å². The maximum atomic E-state index is 12.5. The van der Waals surface area contributed by atoms with Crippen LogP contribution in [-0.2, 0) is 0 Å². The summed E-state index contributed by atoms with van der Waals surface area (Å²) in [7, 11) is 1.54. The maximum absolute atomic E-state index is 12.5. The number of ether oxygens (including phenoxy) is 1. The fourth-order valence-corrected chi connectivity index (χ4v) is 2.49. The largest absolute Gasteiger partial charge is 0.496 e. The average Bonchev–Trinajstić information content (AvgIpc) is 2.51. The lowest BCUT2D eigenvalue weighted by atomic mass is 9.99. The number of benzene rings is 2. The first-order chi connectivity index (χ1) is 10.4. The third-order valence-electron chi connectivity index (χ3n) is 3.41. The molecule has 0 spiro atoms. The molecule has 0 aromatic heterocycles. The Morgan fingerprint density at radius 3 is 2.36 bits per heavy atom. The van der Waals surface area contributed by atoms with Crippen molar-refractivity contribution >= 4 is 35.1 Å². The fourth-order valence-electron chi connectivity index (χ4n) is 2.22. The molecule has 0 unspecified atom stereocenters. The van der Waals surface area contributed by atoms with Crippen LogP contribution in [0.1, 0.15) is 27.0 Å². The smallest absolute Gasteiger partial charge is 0.189 e. The average molecular weight is 335 g/mol. The number of hydrogen-bond donors (Lipinski definition) is 0. The zero-order valence-electron chi connectivity index (χ0n) is 12.6. The first-order valence-corrected chi connectivity index (χ1v) is 7.51.